The lowest BCUT2D eigenvalue weighted by molar-refractivity contribution is -0.134. The Morgan fingerprint density at radius 1 is 1.47 bits per heavy atom. The minimum absolute atomic E-state index is 0.0667. The van der Waals surface area contributed by atoms with Gasteiger partial charge in [0.05, 0.1) is 12.5 Å². The van der Waals surface area contributed by atoms with Crippen molar-refractivity contribution in [3.63, 3.8) is 0 Å². The lowest BCUT2D eigenvalue weighted by atomic mass is 9.98. The number of nitrogens with zero attached hydrogens (tertiary/aromatic N) is 1. The van der Waals surface area contributed by atoms with Crippen molar-refractivity contribution in [2.75, 3.05) is 6.54 Å². The van der Waals surface area contributed by atoms with Crippen molar-refractivity contribution in [3.8, 4) is 0 Å². The highest BCUT2D eigenvalue weighted by Crippen LogP contribution is 2.34. The first-order valence-corrected chi connectivity index (χ1v) is 5.02. The summed E-state index contributed by atoms with van der Waals surface area (Å²) in [5, 5.41) is 8.56. The van der Waals surface area contributed by atoms with Crippen LogP contribution in [0, 0.1) is 0 Å². The van der Waals surface area contributed by atoms with Crippen LogP contribution in [-0.4, -0.2) is 34.5 Å². The molecule has 0 saturated carbocycles. The fourth-order valence-corrected chi connectivity index (χ4v) is 2.34. The Kier molecular flexibility index (Phi) is 2.46. The summed E-state index contributed by atoms with van der Waals surface area (Å²) in [5.74, 6) is -2.85. The fourth-order valence-electron chi connectivity index (χ4n) is 2.34. The van der Waals surface area contributed by atoms with E-state index in [2.05, 4.69) is 0 Å². The van der Waals surface area contributed by atoms with Crippen LogP contribution >= 0.6 is 0 Å². The van der Waals surface area contributed by atoms with Gasteiger partial charge in [-0.3, -0.25) is 4.79 Å². The van der Waals surface area contributed by atoms with Gasteiger partial charge >= 0.3 is 5.97 Å². The summed E-state index contributed by atoms with van der Waals surface area (Å²) in [6, 6.07) is -0.303. The molecular weight excluding hydrogens is 201 g/mol. The molecule has 4 nitrogen and oxygen atoms in total. The number of hydrogen-bond donors (Lipinski definition) is 1. The summed E-state index contributed by atoms with van der Waals surface area (Å²) in [6.45, 7) is 0.625. The molecule has 0 spiro atoms. The van der Waals surface area contributed by atoms with Crippen molar-refractivity contribution in [3.05, 3.63) is 11.4 Å². The molecule has 2 aliphatic heterocycles. The van der Waals surface area contributed by atoms with Gasteiger partial charge in [0.25, 0.3) is 0 Å². The van der Waals surface area contributed by atoms with E-state index < -0.39 is 11.8 Å². The van der Waals surface area contributed by atoms with Crippen LogP contribution in [0.3, 0.4) is 0 Å². The summed E-state index contributed by atoms with van der Waals surface area (Å²) in [4.78, 5) is 23.6. The summed E-state index contributed by atoms with van der Waals surface area (Å²) >= 11 is 0. The SMILES string of the molecule is O=C(O)/C(F)=C1/CC(=O)N2CCCCC12. The van der Waals surface area contributed by atoms with Crippen LogP contribution in [0.15, 0.2) is 11.4 Å². The lowest BCUT2D eigenvalue weighted by Crippen LogP contribution is -2.37. The maximum atomic E-state index is 13.3. The van der Waals surface area contributed by atoms with E-state index in [1.807, 2.05) is 0 Å². The van der Waals surface area contributed by atoms with Crippen LogP contribution in [0.1, 0.15) is 25.7 Å². The van der Waals surface area contributed by atoms with Gasteiger partial charge < -0.3 is 10.0 Å². The van der Waals surface area contributed by atoms with Gasteiger partial charge in [-0.15, -0.1) is 0 Å². The Morgan fingerprint density at radius 3 is 2.87 bits per heavy atom. The van der Waals surface area contributed by atoms with Crippen molar-refractivity contribution >= 4 is 11.9 Å². The zero-order valence-corrected chi connectivity index (χ0v) is 8.20. The van der Waals surface area contributed by atoms with Gasteiger partial charge in [0.15, 0.2) is 0 Å². The van der Waals surface area contributed by atoms with Crippen LogP contribution in [0.2, 0.25) is 0 Å². The number of carbonyl (C=O) groups is 2. The molecule has 2 fully saturated rings. The number of piperidine rings is 1. The molecule has 1 unspecified atom stereocenters. The number of carbonyl (C=O) groups excluding carboxylic acids is 1. The fraction of sp³-hybridized carbons (Fsp3) is 0.600. The molecule has 2 aliphatic rings. The predicted molar refractivity (Wildman–Crippen MR) is 49.7 cm³/mol. The van der Waals surface area contributed by atoms with Gasteiger partial charge in [-0.25, -0.2) is 4.79 Å². The van der Waals surface area contributed by atoms with E-state index in [0.29, 0.717) is 13.0 Å². The third-order valence-corrected chi connectivity index (χ3v) is 3.04. The predicted octanol–water partition coefficient (Wildman–Crippen LogP) is 1.08. The minimum atomic E-state index is -1.56. The molecule has 0 aromatic rings. The van der Waals surface area contributed by atoms with Crippen LogP contribution in [0.25, 0.3) is 0 Å². The maximum Gasteiger partial charge on any atom is 0.364 e. The number of amides is 1. The number of rotatable bonds is 1. The first-order valence-electron chi connectivity index (χ1n) is 5.02. The molecule has 15 heavy (non-hydrogen) atoms. The van der Waals surface area contributed by atoms with Gasteiger partial charge in [-0.1, -0.05) is 0 Å². The molecule has 2 heterocycles. The number of aliphatic carboxylic acids is 1. The lowest BCUT2D eigenvalue weighted by Gasteiger charge is -2.29. The Bertz CT molecular complexity index is 351. The van der Waals surface area contributed by atoms with Crippen molar-refractivity contribution in [1.82, 2.24) is 4.90 Å². The summed E-state index contributed by atoms with van der Waals surface area (Å²) in [6.07, 6.45) is 2.46. The molecule has 2 rings (SSSR count). The molecule has 2 saturated heterocycles. The number of halogens is 1. The molecular formula is C10H12FNO3. The Labute approximate surface area is 86.4 Å². The molecule has 1 N–H and O–H groups in total. The first-order chi connectivity index (χ1) is 7.11. The van der Waals surface area contributed by atoms with Gasteiger partial charge in [0.1, 0.15) is 0 Å². The Balaban J connectivity index is 2.32. The second kappa shape index (κ2) is 3.64. The van der Waals surface area contributed by atoms with E-state index >= 15 is 0 Å². The molecule has 0 radical (unpaired) electrons. The number of carboxylic acids is 1. The molecule has 0 aromatic heterocycles. The Hall–Kier alpha value is -1.39. The number of hydrogen-bond acceptors (Lipinski definition) is 2. The average molecular weight is 213 g/mol. The second-order valence-corrected chi connectivity index (χ2v) is 3.92. The number of carboxylic acid groups (broad SMARTS) is 1. The van der Waals surface area contributed by atoms with Crippen LogP contribution < -0.4 is 0 Å². The first kappa shape index (κ1) is 10.1. The van der Waals surface area contributed by atoms with E-state index in [4.69, 9.17) is 5.11 Å². The highest BCUT2D eigenvalue weighted by molar-refractivity contribution is 5.90. The van der Waals surface area contributed by atoms with Crippen LogP contribution in [-0.2, 0) is 9.59 Å². The van der Waals surface area contributed by atoms with Gasteiger partial charge in [0, 0.05) is 12.1 Å². The summed E-state index contributed by atoms with van der Waals surface area (Å²) < 4.78 is 13.3. The topological polar surface area (TPSA) is 57.6 Å². The van der Waals surface area contributed by atoms with Crippen LogP contribution in [0.5, 0.6) is 0 Å². The molecule has 0 aromatic carbocycles. The van der Waals surface area contributed by atoms with Gasteiger partial charge in [0.2, 0.25) is 11.7 Å². The minimum Gasteiger partial charge on any atom is -0.476 e. The highest BCUT2D eigenvalue weighted by Gasteiger charge is 2.39. The molecule has 5 heteroatoms. The van der Waals surface area contributed by atoms with E-state index in [1.54, 1.807) is 4.90 Å². The van der Waals surface area contributed by atoms with Crippen LogP contribution in [0.4, 0.5) is 4.39 Å². The maximum absolute atomic E-state index is 13.3. The largest absolute Gasteiger partial charge is 0.476 e. The second-order valence-electron chi connectivity index (χ2n) is 3.92. The van der Waals surface area contributed by atoms with E-state index in [1.165, 1.54) is 0 Å². The normalized spacial score (nSPS) is 29.0. The van der Waals surface area contributed by atoms with E-state index in [-0.39, 0.29) is 23.9 Å². The van der Waals surface area contributed by atoms with Crippen molar-refractivity contribution in [1.29, 1.82) is 0 Å². The molecule has 0 aliphatic carbocycles. The van der Waals surface area contributed by atoms with E-state index in [0.717, 1.165) is 12.8 Å². The molecule has 0 bridgehead atoms. The zero-order valence-electron chi connectivity index (χ0n) is 8.20. The molecule has 82 valence electrons. The quantitative estimate of drug-likeness (QED) is 0.663. The average Bonchev–Trinajstić information content (AvgIpc) is 2.56. The van der Waals surface area contributed by atoms with E-state index in [9.17, 15) is 14.0 Å². The standard InChI is InChI=1S/C10H12FNO3/c11-9(10(14)15)6-5-8(13)12-4-2-1-3-7(6)12/h7H,1-5H2,(H,14,15)/b9-6+. The van der Waals surface area contributed by atoms with Crippen molar-refractivity contribution in [2.24, 2.45) is 0 Å². The smallest absolute Gasteiger partial charge is 0.364 e. The molecule has 1 atom stereocenters. The third-order valence-electron chi connectivity index (χ3n) is 3.04. The number of fused-ring (bicyclic) bond motifs is 1. The zero-order chi connectivity index (χ0) is 11.0. The summed E-state index contributed by atoms with van der Waals surface area (Å²) in [5.41, 5.74) is 0.159. The van der Waals surface area contributed by atoms with Gasteiger partial charge in [-0.05, 0) is 19.3 Å². The highest BCUT2D eigenvalue weighted by atomic mass is 19.1. The Morgan fingerprint density at radius 2 is 2.20 bits per heavy atom. The van der Waals surface area contributed by atoms with Gasteiger partial charge in [-0.2, -0.15) is 4.39 Å². The monoisotopic (exact) mass is 213 g/mol. The third kappa shape index (κ3) is 1.62. The molecule has 1 amide bonds. The van der Waals surface area contributed by atoms with Crippen molar-refractivity contribution in [2.45, 2.75) is 31.7 Å². The summed E-state index contributed by atoms with van der Waals surface area (Å²) in [7, 11) is 0. The van der Waals surface area contributed by atoms with Crippen molar-refractivity contribution < 1.29 is 19.1 Å².